The first-order valence-electron chi connectivity index (χ1n) is 15.5. The Kier molecular flexibility index (Phi) is 11.4. The van der Waals surface area contributed by atoms with Crippen LogP contribution in [0.5, 0.6) is 0 Å². The molecule has 4 atom stereocenters. The van der Waals surface area contributed by atoms with Crippen molar-refractivity contribution in [2.45, 2.75) is 106 Å². The second-order valence-electron chi connectivity index (χ2n) is 12.2. The summed E-state index contributed by atoms with van der Waals surface area (Å²) in [6.45, 7) is 5.54. The lowest BCUT2D eigenvalue weighted by Gasteiger charge is -2.29. The maximum absolute atomic E-state index is 14.2. The van der Waals surface area contributed by atoms with Gasteiger partial charge in [-0.15, -0.1) is 0 Å². The first-order chi connectivity index (χ1) is 21.3. The molecular weight excluding hydrogens is 637 g/mol. The van der Waals surface area contributed by atoms with Gasteiger partial charge in [-0.3, -0.25) is 19.2 Å². The molecule has 2 N–H and O–H groups in total. The summed E-state index contributed by atoms with van der Waals surface area (Å²) in [6, 6.07) is 11.2. The normalized spacial score (nSPS) is 20.2. The van der Waals surface area contributed by atoms with Crippen molar-refractivity contribution in [1.82, 2.24) is 15.5 Å². The molecule has 2 aromatic rings. The van der Waals surface area contributed by atoms with E-state index in [1.165, 1.54) is 17.0 Å². The van der Waals surface area contributed by atoms with E-state index in [9.17, 15) is 27.6 Å². The van der Waals surface area contributed by atoms with E-state index in [1.54, 1.807) is 36.4 Å². The largest absolute Gasteiger partial charge is 0.347 e. The van der Waals surface area contributed by atoms with Crippen molar-refractivity contribution >= 4 is 56.5 Å². The van der Waals surface area contributed by atoms with Gasteiger partial charge in [0.05, 0.1) is 26.6 Å². The van der Waals surface area contributed by atoms with E-state index >= 15 is 0 Å². The molecule has 1 heterocycles. The molecule has 45 heavy (non-hydrogen) atoms. The Morgan fingerprint density at radius 1 is 0.956 bits per heavy atom. The molecule has 12 heteroatoms. The van der Waals surface area contributed by atoms with Gasteiger partial charge >= 0.3 is 0 Å². The minimum absolute atomic E-state index is 0.0187. The van der Waals surface area contributed by atoms with Crippen molar-refractivity contribution in [2.24, 2.45) is 0 Å². The van der Waals surface area contributed by atoms with Crippen molar-refractivity contribution in [3.8, 4) is 0 Å². The van der Waals surface area contributed by atoms with Crippen LogP contribution in [0.4, 0.5) is 0 Å². The SMILES string of the molecule is CCCC(C)NC(=O)C(=O)[C@H](CCC)NC(=O)C[C@@H]1C[C@@H](S(=O)(=O)c2ccccc2Cl)CN1C(=O)C1(c2ccc(Cl)cc2)CC1. The fourth-order valence-corrected chi connectivity index (χ4v) is 8.56. The molecule has 2 aromatic carbocycles. The van der Waals surface area contributed by atoms with Gasteiger partial charge in [-0.2, -0.15) is 0 Å². The highest BCUT2D eigenvalue weighted by molar-refractivity contribution is 7.92. The number of rotatable bonds is 14. The Bertz CT molecular complexity index is 1530. The van der Waals surface area contributed by atoms with E-state index in [0.29, 0.717) is 30.7 Å². The van der Waals surface area contributed by atoms with Crippen LogP contribution < -0.4 is 10.6 Å². The Balaban J connectivity index is 1.57. The summed E-state index contributed by atoms with van der Waals surface area (Å²) >= 11 is 12.4. The zero-order valence-electron chi connectivity index (χ0n) is 25.9. The number of likely N-dealkylation sites (tertiary alicyclic amines) is 1. The highest BCUT2D eigenvalue weighted by atomic mass is 35.5. The Hall–Kier alpha value is -2.95. The number of amides is 3. The molecule has 0 aromatic heterocycles. The van der Waals surface area contributed by atoms with E-state index in [4.69, 9.17) is 23.2 Å². The maximum Gasteiger partial charge on any atom is 0.289 e. The molecule has 9 nitrogen and oxygen atoms in total. The Morgan fingerprint density at radius 2 is 1.60 bits per heavy atom. The first-order valence-corrected chi connectivity index (χ1v) is 17.8. The highest BCUT2D eigenvalue weighted by Crippen LogP contribution is 2.51. The van der Waals surface area contributed by atoms with E-state index in [0.717, 1.165) is 12.0 Å². The van der Waals surface area contributed by atoms with Crippen molar-refractivity contribution < 1.29 is 27.6 Å². The molecular formula is C33H41Cl2N3O6S. The quantitative estimate of drug-likeness (QED) is 0.270. The van der Waals surface area contributed by atoms with Crippen LogP contribution in [0.1, 0.15) is 77.7 Å². The smallest absolute Gasteiger partial charge is 0.289 e. The summed E-state index contributed by atoms with van der Waals surface area (Å²) in [5.41, 5.74) is -0.0366. The van der Waals surface area contributed by atoms with Crippen molar-refractivity contribution in [3.05, 3.63) is 64.1 Å². The monoisotopic (exact) mass is 677 g/mol. The van der Waals surface area contributed by atoms with Gasteiger partial charge in [0, 0.05) is 30.1 Å². The third-order valence-electron chi connectivity index (χ3n) is 8.75. The average Bonchev–Trinajstić information content (AvgIpc) is 3.70. The van der Waals surface area contributed by atoms with Crippen LogP contribution >= 0.6 is 23.2 Å². The lowest BCUT2D eigenvalue weighted by Crippen LogP contribution is -2.50. The number of carbonyl (C=O) groups is 4. The van der Waals surface area contributed by atoms with Gasteiger partial charge in [0.2, 0.25) is 17.6 Å². The van der Waals surface area contributed by atoms with Crippen LogP contribution in [0.25, 0.3) is 0 Å². The number of nitrogens with one attached hydrogen (secondary N) is 2. The van der Waals surface area contributed by atoms with Crippen LogP contribution in [0, 0.1) is 0 Å². The van der Waals surface area contributed by atoms with E-state index < -0.39 is 50.2 Å². The molecule has 1 saturated carbocycles. The lowest BCUT2D eigenvalue weighted by molar-refractivity contribution is -0.140. The van der Waals surface area contributed by atoms with Gasteiger partial charge < -0.3 is 15.5 Å². The van der Waals surface area contributed by atoms with Crippen LogP contribution in [0.3, 0.4) is 0 Å². The summed E-state index contributed by atoms with van der Waals surface area (Å²) in [5, 5.41) is 5.03. The Labute approximate surface area is 275 Å². The highest BCUT2D eigenvalue weighted by Gasteiger charge is 2.56. The fourth-order valence-electron chi connectivity index (χ4n) is 6.17. The third kappa shape index (κ3) is 7.89. The van der Waals surface area contributed by atoms with Crippen LogP contribution in [0.15, 0.2) is 53.4 Å². The number of ketones is 1. The summed E-state index contributed by atoms with van der Waals surface area (Å²) in [4.78, 5) is 54.8. The molecule has 4 rings (SSSR count). The number of halogens is 2. The van der Waals surface area contributed by atoms with E-state index in [1.807, 2.05) is 20.8 Å². The van der Waals surface area contributed by atoms with Gasteiger partial charge in [-0.25, -0.2) is 8.42 Å². The molecule has 1 aliphatic heterocycles. The third-order valence-corrected chi connectivity index (χ3v) is 11.6. The minimum atomic E-state index is -3.95. The van der Waals surface area contributed by atoms with Crippen molar-refractivity contribution in [3.63, 3.8) is 0 Å². The Morgan fingerprint density at radius 3 is 2.20 bits per heavy atom. The molecule has 1 saturated heterocycles. The molecule has 0 bridgehead atoms. The molecule has 2 aliphatic rings. The van der Waals surface area contributed by atoms with Crippen molar-refractivity contribution in [1.29, 1.82) is 0 Å². The van der Waals surface area contributed by atoms with Gasteiger partial charge in [0.15, 0.2) is 9.84 Å². The molecule has 3 amide bonds. The number of hydrogen-bond donors (Lipinski definition) is 2. The fraction of sp³-hybridized carbons (Fsp3) is 0.515. The predicted molar refractivity (Wildman–Crippen MR) is 174 cm³/mol. The molecule has 1 unspecified atom stereocenters. The van der Waals surface area contributed by atoms with Crippen LogP contribution in [-0.4, -0.2) is 66.7 Å². The maximum atomic E-state index is 14.2. The van der Waals surface area contributed by atoms with E-state index in [2.05, 4.69) is 10.6 Å². The molecule has 244 valence electrons. The van der Waals surface area contributed by atoms with Gasteiger partial charge in [-0.05, 0) is 68.9 Å². The average molecular weight is 679 g/mol. The van der Waals surface area contributed by atoms with Crippen molar-refractivity contribution in [2.75, 3.05) is 6.54 Å². The summed E-state index contributed by atoms with van der Waals surface area (Å²) in [5.74, 6) is -2.26. The van der Waals surface area contributed by atoms with E-state index in [-0.39, 0.29) is 47.7 Å². The van der Waals surface area contributed by atoms with Gasteiger partial charge in [-0.1, -0.05) is 74.2 Å². The topological polar surface area (TPSA) is 130 Å². The zero-order chi connectivity index (χ0) is 32.9. The first kappa shape index (κ1) is 34.9. The molecule has 0 spiro atoms. The standard InChI is InChI=1S/C33H41Cl2N3O6S/c1-4-8-21(3)36-31(41)30(40)27(9-5-2)37-29(39)19-24-18-25(45(43,44)28-11-7-6-10-26(28)35)20-38(24)32(42)33(16-17-33)22-12-14-23(34)15-13-22/h6-7,10-15,21,24-25,27H,4-5,8-9,16-20H2,1-3H3,(H,36,41)(H,37,39)/t21?,24-,25+,27-/m0/s1. The summed E-state index contributed by atoms with van der Waals surface area (Å²) in [6.07, 6.45) is 3.33. The minimum Gasteiger partial charge on any atom is -0.347 e. The lowest BCUT2D eigenvalue weighted by atomic mass is 9.93. The van der Waals surface area contributed by atoms with Crippen LogP contribution in [-0.2, 0) is 34.4 Å². The van der Waals surface area contributed by atoms with Gasteiger partial charge in [0.25, 0.3) is 5.91 Å². The molecule has 1 aliphatic carbocycles. The summed E-state index contributed by atoms with van der Waals surface area (Å²) < 4.78 is 27.5. The molecule has 2 fully saturated rings. The second kappa shape index (κ2) is 14.6. The zero-order valence-corrected chi connectivity index (χ0v) is 28.2. The number of benzene rings is 2. The number of Topliss-reactive ketones (excluding diaryl/α,β-unsaturated/α-hetero) is 1. The van der Waals surface area contributed by atoms with Gasteiger partial charge in [0.1, 0.15) is 0 Å². The number of sulfone groups is 1. The number of carbonyl (C=O) groups excluding carboxylic acids is 4. The van der Waals surface area contributed by atoms with Crippen LogP contribution in [0.2, 0.25) is 10.0 Å². The second-order valence-corrected chi connectivity index (χ2v) is 15.2. The predicted octanol–water partition coefficient (Wildman–Crippen LogP) is 5.02. The molecule has 0 radical (unpaired) electrons. The number of hydrogen-bond acceptors (Lipinski definition) is 6. The summed E-state index contributed by atoms with van der Waals surface area (Å²) in [7, 11) is -3.95. The number of nitrogens with zero attached hydrogens (tertiary/aromatic N) is 1.